The van der Waals surface area contributed by atoms with Gasteiger partial charge in [0, 0.05) is 18.6 Å². The van der Waals surface area contributed by atoms with Gasteiger partial charge in [-0.2, -0.15) is 0 Å². The molecule has 0 aromatic heterocycles. The van der Waals surface area contributed by atoms with Crippen LogP contribution >= 0.6 is 0 Å². The lowest BCUT2D eigenvalue weighted by Gasteiger charge is -2.47. The van der Waals surface area contributed by atoms with Gasteiger partial charge in [0.05, 0.1) is 30.9 Å². The second-order valence-electron chi connectivity index (χ2n) is 8.78. The molecule has 3 aliphatic rings. The van der Waals surface area contributed by atoms with Crippen molar-refractivity contribution in [2.24, 2.45) is 28.7 Å². The third-order valence-corrected chi connectivity index (χ3v) is 6.41. The van der Waals surface area contributed by atoms with E-state index in [1.807, 2.05) is 0 Å². The first-order valence-electron chi connectivity index (χ1n) is 10.8. The van der Waals surface area contributed by atoms with Gasteiger partial charge in [-0.3, -0.25) is 0 Å². The summed E-state index contributed by atoms with van der Waals surface area (Å²) in [5, 5.41) is 50.7. The van der Waals surface area contributed by atoms with Crippen molar-refractivity contribution in [3.8, 4) is 0 Å². The van der Waals surface area contributed by atoms with Gasteiger partial charge in [0.1, 0.15) is 36.6 Å². The Morgan fingerprint density at radius 2 is 1.28 bits per heavy atom. The molecule has 1 saturated carbocycles. The van der Waals surface area contributed by atoms with E-state index < -0.39 is 92.2 Å². The van der Waals surface area contributed by atoms with E-state index >= 15 is 0 Å². The fourth-order valence-electron chi connectivity index (χ4n) is 4.43. The maximum Gasteiger partial charge on any atom is 0.186 e. The first-order valence-corrected chi connectivity index (χ1v) is 10.8. The van der Waals surface area contributed by atoms with Crippen LogP contribution < -0.4 is 28.7 Å². The van der Waals surface area contributed by atoms with Gasteiger partial charge in [-0.25, -0.2) is 0 Å². The van der Waals surface area contributed by atoms with Gasteiger partial charge in [0.15, 0.2) is 12.6 Å². The average Bonchev–Trinajstić information content (AvgIpc) is 2.75. The third kappa shape index (κ3) is 5.24. The van der Waals surface area contributed by atoms with Gasteiger partial charge in [-0.05, 0) is 12.8 Å². The number of nitrogens with two attached hydrogens (primary N) is 5. The van der Waals surface area contributed by atoms with Crippen molar-refractivity contribution in [1.29, 1.82) is 0 Å². The average molecular weight is 468 g/mol. The number of hydrogen-bond acceptors (Lipinski definition) is 14. The standard InChI is InChI=1S/C18H37N5O9/c19-3-9-8(25)2-7(22)17(29-9)31-15-5(20)1-6(21)16(14(15)28)32-18-13(27)11(23)12(26)10(4-24)30-18/h5-18,24-28H,1-4,19-23H2/t5-,6-,7+,8+,9-,10-,11+,12-,13+,14-,15-,16+,17+,18+/m0/s1. The zero-order valence-corrected chi connectivity index (χ0v) is 17.7. The van der Waals surface area contributed by atoms with Gasteiger partial charge in [-0.1, -0.05) is 0 Å². The molecule has 15 N–H and O–H groups in total. The van der Waals surface area contributed by atoms with Crippen LogP contribution in [0.4, 0.5) is 0 Å². The largest absolute Gasteiger partial charge is 0.394 e. The van der Waals surface area contributed by atoms with Crippen molar-refractivity contribution in [2.45, 2.75) is 98.4 Å². The van der Waals surface area contributed by atoms with E-state index in [2.05, 4.69) is 0 Å². The van der Waals surface area contributed by atoms with Crippen LogP contribution in [0.2, 0.25) is 0 Å². The monoisotopic (exact) mass is 467 g/mol. The number of aliphatic hydroxyl groups is 5. The first-order chi connectivity index (χ1) is 15.1. The summed E-state index contributed by atoms with van der Waals surface area (Å²) in [7, 11) is 0. The molecule has 2 aliphatic heterocycles. The molecular formula is C18H37N5O9. The van der Waals surface area contributed by atoms with Crippen LogP contribution in [0.5, 0.6) is 0 Å². The molecule has 3 fully saturated rings. The molecule has 0 spiro atoms. The molecule has 14 nitrogen and oxygen atoms in total. The number of ether oxygens (including phenoxy) is 4. The first kappa shape index (κ1) is 26.1. The van der Waals surface area contributed by atoms with Crippen molar-refractivity contribution in [3.05, 3.63) is 0 Å². The second kappa shape index (κ2) is 10.8. The van der Waals surface area contributed by atoms with Gasteiger partial charge in [-0.15, -0.1) is 0 Å². The SMILES string of the molecule is NC[C@@H]1O[C@H](O[C@@H]2[C@H](O)[C@H](O[C@H]3O[C@@H](CO)[C@H](O)[C@@H](N)[C@H]3O)[C@@H](N)C[C@@H]2N)[C@H](N)C[C@H]1O. The zero-order chi connectivity index (χ0) is 23.7. The van der Waals surface area contributed by atoms with E-state index in [4.69, 9.17) is 47.6 Å². The molecule has 32 heavy (non-hydrogen) atoms. The highest BCUT2D eigenvalue weighted by Gasteiger charge is 2.50. The Morgan fingerprint density at radius 3 is 1.84 bits per heavy atom. The van der Waals surface area contributed by atoms with Crippen molar-refractivity contribution < 1.29 is 44.5 Å². The van der Waals surface area contributed by atoms with Gasteiger partial charge < -0.3 is 73.1 Å². The summed E-state index contributed by atoms with van der Waals surface area (Å²) in [6.45, 7) is -0.499. The highest BCUT2D eigenvalue weighted by atomic mass is 16.7. The van der Waals surface area contributed by atoms with Crippen LogP contribution in [0.3, 0.4) is 0 Å². The Labute approximate surface area is 185 Å². The summed E-state index contributed by atoms with van der Waals surface area (Å²) >= 11 is 0. The summed E-state index contributed by atoms with van der Waals surface area (Å²) in [5.74, 6) is 0. The van der Waals surface area contributed by atoms with E-state index in [9.17, 15) is 25.5 Å². The molecule has 3 rings (SSSR count). The summed E-state index contributed by atoms with van der Waals surface area (Å²) in [6, 6.07) is -3.27. The van der Waals surface area contributed by atoms with Gasteiger partial charge >= 0.3 is 0 Å². The summed E-state index contributed by atoms with van der Waals surface area (Å²) in [4.78, 5) is 0. The highest BCUT2D eigenvalue weighted by molar-refractivity contribution is 5.01. The molecule has 1 aliphatic carbocycles. The molecule has 14 atom stereocenters. The Bertz CT molecular complexity index is 607. The van der Waals surface area contributed by atoms with Crippen molar-refractivity contribution in [3.63, 3.8) is 0 Å². The molecule has 0 aromatic rings. The van der Waals surface area contributed by atoms with Crippen LogP contribution in [0.25, 0.3) is 0 Å². The third-order valence-electron chi connectivity index (χ3n) is 6.41. The maximum absolute atomic E-state index is 11.0. The second-order valence-corrected chi connectivity index (χ2v) is 8.78. The summed E-state index contributed by atoms with van der Waals surface area (Å²) in [6.07, 6.45) is -10.8. The lowest BCUT2D eigenvalue weighted by molar-refractivity contribution is -0.314. The number of aliphatic hydroxyl groups excluding tert-OH is 5. The van der Waals surface area contributed by atoms with E-state index in [0.29, 0.717) is 0 Å². The van der Waals surface area contributed by atoms with Crippen LogP contribution in [-0.4, -0.2) is 124 Å². The predicted molar refractivity (Wildman–Crippen MR) is 108 cm³/mol. The van der Waals surface area contributed by atoms with Crippen molar-refractivity contribution in [1.82, 2.24) is 0 Å². The lowest BCUT2D eigenvalue weighted by atomic mass is 9.84. The summed E-state index contributed by atoms with van der Waals surface area (Å²) in [5.41, 5.74) is 29.8. The molecule has 0 unspecified atom stereocenters. The van der Waals surface area contributed by atoms with Crippen LogP contribution in [0.15, 0.2) is 0 Å². The van der Waals surface area contributed by atoms with Crippen molar-refractivity contribution >= 4 is 0 Å². The fraction of sp³-hybridized carbons (Fsp3) is 1.00. The van der Waals surface area contributed by atoms with E-state index in [1.165, 1.54) is 0 Å². The Balaban J connectivity index is 1.70. The van der Waals surface area contributed by atoms with Gasteiger partial charge in [0.25, 0.3) is 0 Å². The molecule has 188 valence electrons. The smallest absolute Gasteiger partial charge is 0.186 e. The number of hydrogen-bond donors (Lipinski definition) is 10. The molecule has 0 amide bonds. The molecular weight excluding hydrogens is 430 g/mol. The Kier molecular flexibility index (Phi) is 8.79. The normalized spacial score (nSPS) is 52.7. The zero-order valence-electron chi connectivity index (χ0n) is 17.7. The fourth-order valence-corrected chi connectivity index (χ4v) is 4.43. The molecule has 0 aromatic carbocycles. The Morgan fingerprint density at radius 1 is 0.719 bits per heavy atom. The van der Waals surface area contributed by atoms with E-state index in [0.717, 1.165) is 0 Å². The van der Waals surface area contributed by atoms with Gasteiger partial charge in [0.2, 0.25) is 0 Å². The topological polar surface area (TPSA) is 268 Å². The molecule has 0 bridgehead atoms. The quantitative estimate of drug-likeness (QED) is 0.174. The minimum Gasteiger partial charge on any atom is -0.394 e. The van der Waals surface area contributed by atoms with Crippen LogP contribution in [-0.2, 0) is 18.9 Å². The maximum atomic E-state index is 11.0. The minimum absolute atomic E-state index is 0.0542. The number of rotatable bonds is 6. The summed E-state index contributed by atoms with van der Waals surface area (Å²) < 4.78 is 22.7. The predicted octanol–water partition coefficient (Wildman–Crippen LogP) is -6.30. The minimum atomic E-state index is -1.44. The lowest BCUT2D eigenvalue weighted by Crippen LogP contribution is -2.68. The molecule has 2 saturated heterocycles. The van der Waals surface area contributed by atoms with Crippen LogP contribution in [0.1, 0.15) is 12.8 Å². The van der Waals surface area contributed by atoms with E-state index in [-0.39, 0.29) is 19.4 Å². The van der Waals surface area contributed by atoms with Crippen LogP contribution in [0, 0.1) is 0 Å². The van der Waals surface area contributed by atoms with E-state index in [1.54, 1.807) is 0 Å². The molecule has 14 heteroatoms. The van der Waals surface area contributed by atoms with Crippen molar-refractivity contribution in [2.75, 3.05) is 13.2 Å². The Hall–Kier alpha value is -0.560. The highest BCUT2D eigenvalue weighted by Crippen LogP contribution is 2.30. The molecule has 2 heterocycles. The molecule has 0 radical (unpaired) electrons.